The molecule has 2 heterocycles. The van der Waals surface area contributed by atoms with Gasteiger partial charge in [-0.1, -0.05) is 18.7 Å². The Hall–Kier alpha value is -3.61. The number of aromatic nitrogens is 2. The van der Waals surface area contributed by atoms with E-state index in [-0.39, 0.29) is 17.3 Å². The number of aromatic amines is 1. The lowest BCUT2D eigenvalue weighted by molar-refractivity contribution is -0.115. The molecule has 2 N–H and O–H groups in total. The van der Waals surface area contributed by atoms with Gasteiger partial charge in [-0.05, 0) is 12.1 Å². The summed E-state index contributed by atoms with van der Waals surface area (Å²) in [5.41, 5.74) is 2.36. The Kier molecular flexibility index (Phi) is 3.92. The largest absolute Gasteiger partial charge is 0.497 e. The number of carbonyl (C=O) groups excluding carboxylic acids is 1. The third kappa shape index (κ3) is 2.64. The van der Waals surface area contributed by atoms with Crippen LogP contribution in [-0.2, 0) is 4.79 Å². The number of nitrogens with zero attached hydrogens (tertiary/aromatic N) is 2. The number of rotatable bonds is 4. The summed E-state index contributed by atoms with van der Waals surface area (Å²) in [6.07, 6.45) is 0. The Balaban J connectivity index is 1.77. The summed E-state index contributed by atoms with van der Waals surface area (Å²) in [6, 6.07) is 12.7. The monoisotopic (exact) mass is 362 g/mol. The number of benzene rings is 2. The maximum atomic E-state index is 12.9. The molecule has 7 nitrogen and oxygen atoms in total. The first kappa shape index (κ1) is 16.8. The van der Waals surface area contributed by atoms with E-state index in [0.717, 1.165) is 11.0 Å². The van der Waals surface area contributed by atoms with Gasteiger partial charge in [0.2, 0.25) is 0 Å². The first-order valence-corrected chi connectivity index (χ1v) is 8.33. The highest BCUT2D eigenvalue weighted by molar-refractivity contribution is 6.29. The van der Waals surface area contributed by atoms with Crippen molar-refractivity contribution < 1.29 is 14.3 Å². The van der Waals surface area contributed by atoms with Crippen LogP contribution in [0.5, 0.6) is 11.5 Å². The quantitative estimate of drug-likeness (QED) is 0.695. The molecule has 1 saturated heterocycles. The predicted octanol–water partition coefficient (Wildman–Crippen LogP) is 3.24. The summed E-state index contributed by atoms with van der Waals surface area (Å²) in [5.74, 6) is 0.543. The van der Waals surface area contributed by atoms with Crippen molar-refractivity contribution in [3.63, 3.8) is 0 Å². The fraction of sp³-hybridized carbons (Fsp3) is 0.150. The highest BCUT2D eigenvalue weighted by Gasteiger charge is 2.43. The van der Waals surface area contributed by atoms with Gasteiger partial charge in [-0.25, -0.2) is 4.98 Å². The molecule has 0 saturated carbocycles. The van der Waals surface area contributed by atoms with Gasteiger partial charge in [0, 0.05) is 18.2 Å². The van der Waals surface area contributed by atoms with Gasteiger partial charge in [-0.3, -0.25) is 15.1 Å². The molecule has 1 unspecified atom stereocenters. The maximum Gasteiger partial charge on any atom is 0.197 e. The summed E-state index contributed by atoms with van der Waals surface area (Å²) in [5, 5.41) is 8.63. The first-order valence-electron chi connectivity index (χ1n) is 8.33. The van der Waals surface area contributed by atoms with Crippen LogP contribution in [0.4, 0.5) is 5.69 Å². The number of fused-ring (bicyclic) bond motifs is 1. The summed E-state index contributed by atoms with van der Waals surface area (Å²) in [7, 11) is 3.09. The minimum Gasteiger partial charge on any atom is -0.497 e. The SMILES string of the molecule is C=C1C(=O)C(c2nc3ccccc3[nH]2)C(=N)N1c1cc(OC)cc(OC)c1. The molecular weight excluding hydrogens is 344 g/mol. The molecule has 0 bridgehead atoms. The van der Waals surface area contributed by atoms with Gasteiger partial charge < -0.3 is 14.5 Å². The maximum absolute atomic E-state index is 12.9. The number of Topliss-reactive ketones (excluding diaryl/α,β-unsaturated/α-hetero) is 1. The number of carbonyl (C=O) groups is 1. The minimum absolute atomic E-state index is 0.0827. The molecule has 0 amide bonds. The number of ketones is 1. The molecule has 1 aliphatic rings. The zero-order valence-corrected chi connectivity index (χ0v) is 14.9. The number of imidazole rings is 1. The molecule has 0 spiro atoms. The van der Waals surface area contributed by atoms with Crippen molar-refractivity contribution in [2.24, 2.45) is 0 Å². The molecule has 27 heavy (non-hydrogen) atoms. The first-order chi connectivity index (χ1) is 13.0. The minimum atomic E-state index is -0.831. The zero-order chi connectivity index (χ0) is 19.1. The number of amidine groups is 1. The standard InChI is InChI=1S/C20H18N4O3/c1-11-18(25)17(20-22-15-6-4-5-7-16(15)23-20)19(21)24(11)12-8-13(26-2)10-14(9-12)27-3/h4-10,17,21H,1H2,2-3H3,(H,22,23). The normalized spacial score (nSPS) is 17.0. The van der Waals surface area contributed by atoms with Crippen molar-refractivity contribution in [2.45, 2.75) is 5.92 Å². The van der Waals surface area contributed by atoms with Gasteiger partial charge >= 0.3 is 0 Å². The van der Waals surface area contributed by atoms with E-state index in [1.807, 2.05) is 24.3 Å². The number of methoxy groups -OCH3 is 2. The topological polar surface area (TPSA) is 91.3 Å². The predicted molar refractivity (Wildman–Crippen MR) is 103 cm³/mol. The fourth-order valence-corrected chi connectivity index (χ4v) is 3.25. The lowest BCUT2D eigenvalue weighted by Crippen LogP contribution is -2.24. The van der Waals surface area contributed by atoms with Gasteiger partial charge in [0.15, 0.2) is 5.78 Å². The van der Waals surface area contributed by atoms with Crippen LogP contribution in [0.1, 0.15) is 11.7 Å². The Labute approximate surface area is 155 Å². The zero-order valence-electron chi connectivity index (χ0n) is 14.9. The second-order valence-corrected chi connectivity index (χ2v) is 6.17. The third-order valence-electron chi connectivity index (χ3n) is 4.61. The fourth-order valence-electron chi connectivity index (χ4n) is 3.25. The van der Waals surface area contributed by atoms with Crippen molar-refractivity contribution >= 4 is 28.3 Å². The van der Waals surface area contributed by atoms with Gasteiger partial charge in [0.1, 0.15) is 29.1 Å². The van der Waals surface area contributed by atoms with Crippen molar-refractivity contribution in [2.75, 3.05) is 19.1 Å². The summed E-state index contributed by atoms with van der Waals surface area (Å²) in [4.78, 5) is 22.0. The highest BCUT2D eigenvalue weighted by Crippen LogP contribution is 2.38. The Morgan fingerprint density at radius 3 is 2.44 bits per heavy atom. The van der Waals surface area contributed by atoms with E-state index in [9.17, 15) is 4.79 Å². The third-order valence-corrected chi connectivity index (χ3v) is 4.61. The van der Waals surface area contributed by atoms with Crippen LogP contribution in [0, 0.1) is 5.41 Å². The van der Waals surface area contributed by atoms with E-state index in [0.29, 0.717) is 23.0 Å². The average molecular weight is 362 g/mol. The molecule has 4 rings (SSSR count). The van der Waals surface area contributed by atoms with E-state index in [1.165, 1.54) is 4.90 Å². The van der Waals surface area contributed by atoms with Crippen LogP contribution >= 0.6 is 0 Å². The molecular formula is C20H18N4O3. The summed E-state index contributed by atoms with van der Waals surface area (Å²) in [6.45, 7) is 3.90. The van der Waals surface area contributed by atoms with E-state index in [2.05, 4.69) is 16.5 Å². The lowest BCUT2D eigenvalue weighted by Gasteiger charge is -2.20. The molecule has 1 aromatic heterocycles. The van der Waals surface area contributed by atoms with Gasteiger partial charge in [0.05, 0.1) is 36.6 Å². The summed E-state index contributed by atoms with van der Waals surface area (Å²) >= 11 is 0. The van der Waals surface area contributed by atoms with Crippen molar-refractivity contribution in [3.8, 4) is 11.5 Å². The van der Waals surface area contributed by atoms with Crippen molar-refractivity contribution in [1.82, 2.24) is 9.97 Å². The van der Waals surface area contributed by atoms with Crippen LogP contribution in [-0.4, -0.2) is 35.8 Å². The second kappa shape index (κ2) is 6.28. The molecule has 0 radical (unpaired) electrons. The molecule has 7 heteroatoms. The van der Waals surface area contributed by atoms with Gasteiger partial charge in [-0.2, -0.15) is 0 Å². The number of ether oxygens (including phenoxy) is 2. The second-order valence-electron chi connectivity index (χ2n) is 6.17. The number of anilines is 1. The van der Waals surface area contributed by atoms with Gasteiger partial charge in [-0.15, -0.1) is 0 Å². The van der Waals surface area contributed by atoms with Crippen LogP contribution in [0.15, 0.2) is 54.7 Å². The van der Waals surface area contributed by atoms with E-state index in [1.54, 1.807) is 32.4 Å². The molecule has 0 aliphatic carbocycles. The molecule has 1 aliphatic heterocycles. The van der Waals surface area contributed by atoms with E-state index in [4.69, 9.17) is 14.9 Å². The molecule has 1 fully saturated rings. The smallest absolute Gasteiger partial charge is 0.197 e. The van der Waals surface area contributed by atoms with E-state index < -0.39 is 5.92 Å². The van der Waals surface area contributed by atoms with Crippen LogP contribution < -0.4 is 14.4 Å². The van der Waals surface area contributed by atoms with Gasteiger partial charge in [0.25, 0.3) is 0 Å². The Morgan fingerprint density at radius 1 is 1.15 bits per heavy atom. The van der Waals surface area contributed by atoms with Crippen LogP contribution in [0.3, 0.4) is 0 Å². The summed E-state index contributed by atoms with van der Waals surface area (Å²) < 4.78 is 10.6. The molecule has 1 atom stereocenters. The van der Waals surface area contributed by atoms with E-state index >= 15 is 0 Å². The average Bonchev–Trinajstić information content (AvgIpc) is 3.19. The number of H-pyrrole nitrogens is 1. The number of allylic oxidation sites excluding steroid dienone is 1. The molecule has 136 valence electrons. The van der Waals surface area contributed by atoms with Crippen LogP contribution in [0.25, 0.3) is 11.0 Å². The number of hydrogen-bond donors (Lipinski definition) is 2. The number of para-hydroxylation sites is 2. The van der Waals surface area contributed by atoms with Crippen molar-refractivity contribution in [1.29, 1.82) is 5.41 Å². The lowest BCUT2D eigenvalue weighted by atomic mass is 10.1. The Morgan fingerprint density at radius 2 is 1.81 bits per heavy atom. The van der Waals surface area contributed by atoms with Crippen LogP contribution in [0.2, 0.25) is 0 Å². The highest BCUT2D eigenvalue weighted by atomic mass is 16.5. The number of nitrogens with one attached hydrogen (secondary N) is 2. The molecule has 3 aromatic rings. The van der Waals surface area contributed by atoms with Crippen molar-refractivity contribution in [3.05, 3.63) is 60.6 Å². The Bertz CT molecular complexity index is 1030. The number of hydrogen-bond acceptors (Lipinski definition) is 5. The molecule has 2 aromatic carbocycles.